The van der Waals surface area contributed by atoms with Gasteiger partial charge in [-0.2, -0.15) is 0 Å². The van der Waals surface area contributed by atoms with Gasteiger partial charge in [0, 0.05) is 11.9 Å². The van der Waals surface area contributed by atoms with Gasteiger partial charge in [0.1, 0.15) is 0 Å². The van der Waals surface area contributed by atoms with E-state index in [4.69, 9.17) is 11.6 Å². The first-order valence-corrected chi connectivity index (χ1v) is 3.48. The van der Waals surface area contributed by atoms with E-state index in [1.807, 2.05) is 0 Å². The minimum Gasteiger partial charge on any atom is -0.305 e. The molecule has 1 atom stereocenters. The minimum absolute atomic E-state index is 0.552. The Balaban J connectivity index is 3.35. The summed E-state index contributed by atoms with van der Waals surface area (Å²) in [5.41, 5.74) is 0. The number of nitrogens with zero attached hydrogens (tertiary/aromatic N) is 1. The molecule has 0 saturated heterocycles. The third kappa shape index (κ3) is 2.53. The summed E-state index contributed by atoms with van der Waals surface area (Å²) in [7, 11) is 4.10. The zero-order valence-electron chi connectivity index (χ0n) is 5.82. The third-order valence-corrected chi connectivity index (χ3v) is 1.74. The van der Waals surface area contributed by atoms with E-state index in [-0.39, 0.29) is 0 Å². The molecule has 0 aliphatic rings. The zero-order chi connectivity index (χ0) is 6.57. The van der Waals surface area contributed by atoms with Crippen LogP contribution in [0.2, 0.25) is 0 Å². The summed E-state index contributed by atoms with van der Waals surface area (Å²) in [6.07, 6.45) is 1.14. The van der Waals surface area contributed by atoms with Gasteiger partial charge in [0.05, 0.1) is 0 Å². The molecule has 0 spiro atoms. The lowest BCUT2D eigenvalue weighted by Crippen LogP contribution is -2.28. The number of hydrogen-bond donors (Lipinski definition) is 0. The molecule has 0 unspecified atom stereocenters. The van der Waals surface area contributed by atoms with Crippen LogP contribution in [0.4, 0.5) is 0 Å². The zero-order valence-corrected chi connectivity index (χ0v) is 6.57. The Labute approximate surface area is 56.6 Å². The lowest BCUT2D eigenvalue weighted by Gasteiger charge is -2.19. The van der Waals surface area contributed by atoms with Crippen molar-refractivity contribution < 1.29 is 0 Å². The van der Waals surface area contributed by atoms with Crippen LogP contribution in [0.15, 0.2) is 0 Å². The molecule has 0 aromatic rings. The van der Waals surface area contributed by atoms with Gasteiger partial charge in [-0.05, 0) is 20.5 Å². The van der Waals surface area contributed by atoms with E-state index >= 15 is 0 Å². The van der Waals surface area contributed by atoms with Crippen LogP contribution in [0.1, 0.15) is 13.3 Å². The van der Waals surface area contributed by atoms with Crippen LogP contribution in [-0.4, -0.2) is 30.9 Å². The number of alkyl halides is 1. The first-order valence-electron chi connectivity index (χ1n) is 2.94. The number of halogens is 1. The average molecular weight is 136 g/mol. The summed E-state index contributed by atoms with van der Waals surface area (Å²) in [5.74, 6) is 0.740. The van der Waals surface area contributed by atoms with Gasteiger partial charge in [-0.25, -0.2) is 0 Å². The molecule has 1 nitrogen and oxygen atoms in total. The van der Waals surface area contributed by atoms with Gasteiger partial charge in [0.15, 0.2) is 0 Å². The quantitative estimate of drug-likeness (QED) is 0.531. The maximum atomic E-state index is 5.62. The Kier molecular flexibility index (Phi) is 4.29. The smallest absolute Gasteiger partial charge is 0.0379 e. The fraction of sp³-hybridized carbons (Fsp3) is 1.00. The molecule has 0 N–H and O–H groups in total. The second-order valence-electron chi connectivity index (χ2n) is 2.18. The monoisotopic (exact) mass is 135 g/mol. The van der Waals surface area contributed by atoms with E-state index < -0.39 is 0 Å². The number of hydrogen-bond acceptors (Lipinski definition) is 1. The highest BCUT2D eigenvalue weighted by atomic mass is 35.5. The van der Waals surface area contributed by atoms with Crippen molar-refractivity contribution in [2.75, 3.05) is 20.0 Å². The SMILES string of the molecule is CC[C@H](CCl)N(C)C. The normalized spacial score (nSPS) is 14.6. The number of rotatable bonds is 3. The summed E-state index contributed by atoms with van der Waals surface area (Å²) < 4.78 is 0. The molecule has 0 bridgehead atoms. The molecule has 50 valence electrons. The second-order valence-corrected chi connectivity index (χ2v) is 2.49. The molecule has 0 radical (unpaired) electrons. The molecule has 0 fully saturated rings. The lowest BCUT2D eigenvalue weighted by molar-refractivity contribution is 0.310. The van der Waals surface area contributed by atoms with Gasteiger partial charge in [0.2, 0.25) is 0 Å². The summed E-state index contributed by atoms with van der Waals surface area (Å²) in [6.45, 7) is 2.15. The highest BCUT2D eigenvalue weighted by molar-refractivity contribution is 6.18. The van der Waals surface area contributed by atoms with E-state index in [1.54, 1.807) is 0 Å². The molecular weight excluding hydrogens is 122 g/mol. The summed E-state index contributed by atoms with van der Waals surface area (Å²) >= 11 is 5.62. The second kappa shape index (κ2) is 4.16. The first-order chi connectivity index (χ1) is 3.72. The van der Waals surface area contributed by atoms with Crippen molar-refractivity contribution in [3.05, 3.63) is 0 Å². The average Bonchev–Trinajstić information content (AvgIpc) is 1.69. The van der Waals surface area contributed by atoms with Gasteiger partial charge in [-0.15, -0.1) is 11.6 Å². The van der Waals surface area contributed by atoms with E-state index in [0.29, 0.717) is 6.04 Å². The molecule has 0 aliphatic heterocycles. The highest BCUT2D eigenvalue weighted by Gasteiger charge is 2.04. The minimum atomic E-state index is 0.552. The van der Waals surface area contributed by atoms with Crippen LogP contribution in [0.25, 0.3) is 0 Å². The third-order valence-electron chi connectivity index (χ3n) is 1.38. The molecular formula is C6H14ClN. The van der Waals surface area contributed by atoms with Crippen LogP contribution in [0, 0.1) is 0 Å². The lowest BCUT2D eigenvalue weighted by atomic mass is 10.2. The molecule has 8 heavy (non-hydrogen) atoms. The molecule has 0 heterocycles. The van der Waals surface area contributed by atoms with Gasteiger partial charge in [0.25, 0.3) is 0 Å². The molecule has 2 heteroatoms. The van der Waals surface area contributed by atoms with Crippen molar-refractivity contribution in [3.63, 3.8) is 0 Å². The van der Waals surface area contributed by atoms with Crippen molar-refractivity contribution in [1.82, 2.24) is 4.90 Å². The van der Waals surface area contributed by atoms with E-state index in [9.17, 15) is 0 Å². The van der Waals surface area contributed by atoms with Crippen molar-refractivity contribution >= 4 is 11.6 Å². The van der Waals surface area contributed by atoms with Crippen molar-refractivity contribution in [3.8, 4) is 0 Å². The Morgan fingerprint density at radius 1 is 1.50 bits per heavy atom. The largest absolute Gasteiger partial charge is 0.305 e. The van der Waals surface area contributed by atoms with Gasteiger partial charge in [-0.1, -0.05) is 6.92 Å². The van der Waals surface area contributed by atoms with E-state index in [1.165, 1.54) is 0 Å². The van der Waals surface area contributed by atoms with Gasteiger partial charge >= 0.3 is 0 Å². The topological polar surface area (TPSA) is 3.24 Å². The molecule has 0 aromatic heterocycles. The maximum Gasteiger partial charge on any atom is 0.0379 e. The molecule has 0 amide bonds. The Hall–Kier alpha value is 0.250. The molecule has 0 rings (SSSR count). The van der Waals surface area contributed by atoms with Crippen LogP contribution in [-0.2, 0) is 0 Å². The fourth-order valence-corrected chi connectivity index (χ4v) is 1.11. The molecule has 0 aromatic carbocycles. The van der Waals surface area contributed by atoms with Crippen LogP contribution in [0.5, 0.6) is 0 Å². The van der Waals surface area contributed by atoms with E-state index in [0.717, 1.165) is 12.3 Å². The predicted molar refractivity (Wildman–Crippen MR) is 38.5 cm³/mol. The highest BCUT2D eigenvalue weighted by Crippen LogP contribution is 1.99. The van der Waals surface area contributed by atoms with E-state index in [2.05, 4.69) is 25.9 Å². The molecule has 0 saturated carbocycles. The van der Waals surface area contributed by atoms with Crippen LogP contribution < -0.4 is 0 Å². The summed E-state index contributed by atoms with van der Waals surface area (Å²) in [6, 6.07) is 0.552. The first kappa shape index (κ1) is 8.25. The van der Waals surface area contributed by atoms with Gasteiger partial charge in [-0.3, -0.25) is 0 Å². The Morgan fingerprint density at radius 2 is 2.00 bits per heavy atom. The fourth-order valence-electron chi connectivity index (χ4n) is 0.612. The Morgan fingerprint density at radius 3 is 2.00 bits per heavy atom. The van der Waals surface area contributed by atoms with Crippen molar-refractivity contribution in [2.45, 2.75) is 19.4 Å². The molecule has 0 aliphatic carbocycles. The Bertz CT molecular complexity index is 50.5. The van der Waals surface area contributed by atoms with Crippen molar-refractivity contribution in [2.24, 2.45) is 0 Å². The standard InChI is InChI=1S/C6H14ClN/c1-4-6(5-7)8(2)3/h6H,4-5H2,1-3H3/t6-/m1/s1. The van der Waals surface area contributed by atoms with Gasteiger partial charge < -0.3 is 4.90 Å². The summed E-state index contributed by atoms with van der Waals surface area (Å²) in [4.78, 5) is 2.15. The summed E-state index contributed by atoms with van der Waals surface area (Å²) in [5, 5.41) is 0. The maximum absolute atomic E-state index is 5.62. The van der Waals surface area contributed by atoms with Crippen molar-refractivity contribution in [1.29, 1.82) is 0 Å². The predicted octanol–water partition coefficient (Wildman–Crippen LogP) is 1.57. The van der Waals surface area contributed by atoms with Crippen LogP contribution in [0.3, 0.4) is 0 Å². The van der Waals surface area contributed by atoms with Crippen LogP contribution >= 0.6 is 11.6 Å².